The number of benzene rings is 1. The Hall–Kier alpha value is -0.780. The average Bonchev–Trinajstić information content (AvgIpc) is 2.24. The van der Waals surface area contributed by atoms with E-state index in [0.29, 0.717) is 10.6 Å². The highest BCUT2D eigenvalue weighted by molar-refractivity contribution is 6.31. The standard InChI is InChI=1S/C12H15ClF3NO/c1-8(6-12(14,15)16)17-7-11(18)9-4-2-3-5-10(9)13/h2-5,8,11,17-18H,6-7H2,1H3. The van der Waals surface area contributed by atoms with Crippen LogP contribution in [0.5, 0.6) is 0 Å². The van der Waals surface area contributed by atoms with E-state index in [2.05, 4.69) is 5.32 Å². The number of alkyl halides is 3. The Morgan fingerprint density at radius 1 is 1.33 bits per heavy atom. The molecule has 0 heterocycles. The SMILES string of the molecule is CC(CC(F)(F)F)NCC(O)c1ccccc1Cl. The van der Waals surface area contributed by atoms with Crippen molar-refractivity contribution in [3.8, 4) is 0 Å². The molecule has 1 rings (SSSR count). The Morgan fingerprint density at radius 2 is 1.94 bits per heavy atom. The maximum absolute atomic E-state index is 12.1. The summed E-state index contributed by atoms with van der Waals surface area (Å²) in [4.78, 5) is 0. The van der Waals surface area contributed by atoms with Crippen molar-refractivity contribution in [3.63, 3.8) is 0 Å². The van der Waals surface area contributed by atoms with Gasteiger partial charge in [-0.2, -0.15) is 13.2 Å². The second-order valence-electron chi connectivity index (χ2n) is 4.17. The summed E-state index contributed by atoms with van der Waals surface area (Å²) in [7, 11) is 0. The molecule has 102 valence electrons. The highest BCUT2D eigenvalue weighted by Crippen LogP contribution is 2.23. The van der Waals surface area contributed by atoms with Gasteiger partial charge in [-0.1, -0.05) is 29.8 Å². The van der Waals surface area contributed by atoms with Crippen LogP contribution in [0.4, 0.5) is 13.2 Å². The highest BCUT2D eigenvalue weighted by Gasteiger charge is 2.30. The fraction of sp³-hybridized carbons (Fsp3) is 0.500. The van der Waals surface area contributed by atoms with Gasteiger partial charge in [0.25, 0.3) is 0 Å². The lowest BCUT2D eigenvalue weighted by molar-refractivity contribution is -0.139. The molecule has 0 aromatic heterocycles. The fourth-order valence-electron chi connectivity index (χ4n) is 1.59. The Balaban J connectivity index is 2.47. The minimum atomic E-state index is -4.21. The van der Waals surface area contributed by atoms with E-state index in [9.17, 15) is 18.3 Å². The van der Waals surface area contributed by atoms with E-state index in [1.807, 2.05) is 0 Å². The molecule has 0 aliphatic carbocycles. The minimum absolute atomic E-state index is 0.0288. The number of hydrogen-bond acceptors (Lipinski definition) is 2. The van der Waals surface area contributed by atoms with Crippen LogP contribution in [-0.4, -0.2) is 23.9 Å². The molecule has 18 heavy (non-hydrogen) atoms. The molecule has 2 atom stereocenters. The number of aliphatic hydroxyl groups excluding tert-OH is 1. The maximum Gasteiger partial charge on any atom is 0.390 e. The van der Waals surface area contributed by atoms with Gasteiger partial charge in [-0.05, 0) is 13.0 Å². The molecule has 1 aromatic carbocycles. The topological polar surface area (TPSA) is 32.3 Å². The minimum Gasteiger partial charge on any atom is -0.387 e. The van der Waals surface area contributed by atoms with Crippen LogP contribution >= 0.6 is 11.6 Å². The van der Waals surface area contributed by atoms with E-state index < -0.39 is 24.7 Å². The zero-order valence-electron chi connectivity index (χ0n) is 9.84. The van der Waals surface area contributed by atoms with Gasteiger partial charge in [0.15, 0.2) is 0 Å². The Bertz CT molecular complexity index is 384. The van der Waals surface area contributed by atoms with Crippen molar-refractivity contribution in [2.24, 2.45) is 0 Å². The molecular weight excluding hydrogens is 267 g/mol. The summed E-state index contributed by atoms with van der Waals surface area (Å²) in [6.07, 6.45) is -6.06. The summed E-state index contributed by atoms with van der Waals surface area (Å²) < 4.78 is 36.3. The summed E-state index contributed by atoms with van der Waals surface area (Å²) in [6.45, 7) is 1.45. The lowest BCUT2D eigenvalue weighted by Crippen LogP contribution is -2.34. The summed E-state index contributed by atoms with van der Waals surface area (Å²) in [5.74, 6) is 0. The van der Waals surface area contributed by atoms with Crippen molar-refractivity contribution >= 4 is 11.6 Å². The van der Waals surface area contributed by atoms with E-state index in [-0.39, 0.29) is 6.54 Å². The van der Waals surface area contributed by atoms with Crippen molar-refractivity contribution < 1.29 is 18.3 Å². The molecule has 0 amide bonds. The molecule has 2 unspecified atom stereocenters. The van der Waals surface area contributed by atoms with Crippen LogP contribution in [0, 0.1) is 0 Å². The van der Waals surface area contributed by atoms with Crippen LogP contribution in [0.3, 0.4) is 0 Å². The molecule has 0 spiro atoms. The molecule has 0 saturated carbocycles. The molecule has 0 aliphatic rings. The van der Waals surface area contributed by atoms with E-state index in [1.54, 1.807) is 24.3 Å². The second kappa shape index (κ2) is 6.41. The van der Waals surface area contributed by atoms with Gasteiger partial charge in [0.05, 0.1) is 12.5 Å². The maximum atomic E-state index is 12.1. The lowest BCUT2D eigenvalue weighted by Gasteiger charge is -2.19. The van der Waals surface area contributed by atoms with Gasteiger partial charge < -0.3 is 10.4 Å². The second-order valence-corrected chi connectivity index (χ2v) is 4.57. The predicted molar refractivity (Wildman–Crippen MR) is 64.5 cm³/mol. The summed E-state index contributed by atoms with van der Waals surface area (Å²) in [6, 6.07) is 5.95. The van der Waals surface area contributed by atoms with E-state index in [0.717, 1.165) is 0 Å². The summed E-state index contributed by atoms with van der Waals surface area (Å²) in [5, 5.41) is 12.9. The van der Waals surface area contributed by atoms with Gasteiger partial charge in [0, 0.05) is 23.2 Å². The third kappa shape index (κ3) is 5.25. The van der Waals surface area contributed by atoms with Crippen LogP contribution in [0.2, 0.25) is 5.02 Å². The van der Waals surface area contributed by atoms with Crippen molar-refractivity contribution in [2.75, 3.05) is 6.54 Å². The van der Waals surface area contributed by atoms with Gasteiger partial charge in [-0.25, -0.2) is 0 Å². The lowest BCUT2D eigenvalue weighted by atomic mass is 10.1. The van der Waals surface area contributed by atoms with E-state index >= 15 is 0 Å². The summed E-state index contributed by atoms with van der Waals surface area (Å²) >= 11 is 5.87. The smallest absolute Gasteiger partial charge is 0.387 e. The van der Waals surface area contributed by atoms with Gasteiger partial charge in [0.1, 0.15) is 0 Å². The first kappa shape index (κ1) is 15.3. The molecule has 0 bridgehead atoms. The number of hydrogen-bond donors (Lipinski definition) is 2. The van der Waals surface area contributed by atoms with E-state index in [4.69, 9.17) is 11.6 Å². The fourth-order valence-corrected chi connectivity index (χ4v) is 1.85. The van der Waals surface area contributed by atoms with Crippen LogP contribution in [0.1, 0.15) is 25.0 Å². The molecular formula is C12H15ClF3NO. The number of rotatable bonds is 5. The van der Waals surface area contributed by atoms with Gasteiger partial charge in [0.2, 0.25) is 0 Å². The van der Waals surface area contributed by atoms with Crippen LogP contribution < -0.4 is 5.32 Å². The van der Waals surface area contributed by atoms with Gasteiger partial charge in [-0.15, -0.1) is 0 Å². The zero-order chi connectivity index (χ0) is 13.8. The number of nitrogens with one attached hydrogen (secondary N) is 1. The number of aliphatic hydroxyl groups is 1. The monoisotopic (exact) mass is 281 g/mol. The average molecular weight is 282 g/mol. The third-order valence-corrected chi connectivity index (χ3v) is 2.81. The Kier molecular flexibility index (Phi) is 5.44. The van der Waals surface area contributed by atoms with Gasteiger partial charge >= 0.3 is 6.18 Å². The molecule has 6 heteroatoms. The first-order valence-electron chi connectivity index (χ1n) is 5.52. The molecule has 0 fully saturated rings. The molecule has 0 radical (unpaired) electrons. The van der Waals surface area contributed by atoms with Crippen LogP contribution in [-0.2, 0) is 0 Å². The molecule has 1 aromatic rings. The van der Waals surface area contributed by atoms with Crippen molar-refractivity contribution in [3.05, 3.63) is 34.9 Å². The van der Waals surface area contributed by atoms with Crippen molar-refractivity contribution in [2.45, 2.75) is 31.7 Å². The predicted octanol–water partition coefficient (Wildman–Crippen LogP) is 3.30. The quantitative estimate of drug-likeness (QED) is 0.868. The zero-order valence-corrected chi connectivity index (χ0v) is 10.6. The largest absolute Gasteiger partial charge is 0.390 e. The Labute approximate surface area is 109 Å². The molecule has 0 aliphatic heterocycles. The first-order chi connectivity index (χ1) is 8.29. The first-order valence-corrected chi connectivity index (χ1v) is 5.90. The molecule has 2 nitrogen and oxygen atoms in total. The highest BCUT2D eigenvalue weighted by atomic mass is 35.5. The van der Waals surface area contributed by atoms with E-state index in [1.165, 1.54) is 6.92 Å². The Morgan fingerprint density at radius 3 is 2.50 bits per heavy atom. The number of halogens is 4. The normalized spacial score (nSPS) is 15.4. The summed E-state index contributed by atoms with van der Waals surface area (Å²) in [5.41, 5.74) is 0.505. The molecule has 2 N–H and O–H groups in total. The van der Waals surface area contributed by atoms with Crippen LogP contribution in [0.25, 0.3) is 0 Å². The van der Waals surface area contributed by atoms with Crippen LogP contribution in [0.15, 0.2) is 24.3 Å². The van der Waals surface area contributed by atoms with Crippen molar-refractivity contribution in [1.82, 2.24) is 5.32 Å². The van der Waals surface area contributed by atoms with Crippen molar-refractivity contribution in [1.29, 1.82) is 0 Å². The molecule has 0 saturated heterocycles. The van der Waals surface area contributed by atoms with Gasteiger partial charge in [-0.3, -0.25) is 0 Å². The third-order valence-electron chi connectivity index (χ3n) is 2.46.